The SMILES string of the molecule is Cc1sc2ncn(CC(=O)NCc3cccnc3)c(=O)c2c1S(=O)(=O)N1CC(C)CC(C)C1. The summed E-state index contributed by atoms with van der Waals surface area (Å²) >= 11 is 1.18. The number of piperidine rings is 1. The van der Waals surface area contributed by atoms with E-state index in [4.69, 9.17) is 0 Å². The van der Waals surface area contributed by atoms with Gasteiger partial charge in [-0.3, -0.25) is 19.1 Å². The molecule has 9 nitrogen and oxygen atoms in total. The largest absolute Gasteiger partial charge is 0.350 e. The van der Waals surface area contributed by atoms with Crippen LogP contribution < -0.4 is 10.9 Å². The minimum absolute atomic E-state index is 0.0198. The molecule has 0 bridgehead atoms. The molecule has 0 saturated carbocycles. The maximum atomic E-state index is 13.6. The van der Waals surface area contributed by atoms with Crippen molar-refractivity contribution in [3.05, 3.63) is 51.6 Å². The summed E-state index contributed by atoms with van der Waals surface area (Å²) < 4.78 is 29.8. The summed E-state index contributed by atoms with van der Waals surface area (Å²) in [5, 5.41) is 2.80. The molecule has 4 rings (SSSR count). The Morgan fingerprint density at radius 1 is 1.27 bits per heavy atom. The van der Waals surface area contributed by atoms with E-state index in [0.717, 1.165) is 16.6 Å². The third-order valence-corrected chi connectivity index (χ3v) is 8.91. The lowest BCUT2D eigenvalue weighted by Gasteiger charge is -2.34. The molecule has 1 saturated heterocycles. The van der Waals surface area contributed by atoms with E-state index in [2.05, 4.69) is 15.3 Å². The van der Waals surface area contributed by atoms with Crippen LogP contribution in [0.15, 0.2) is 40.5 Å². The van der Waals surface area contributed by atoms with Gasteiger partial charge in [0.2, 0.25) is 15.9 Å². The molecular weight excluding hydrogens is 462 g/mol. The van der Waals surface area contributed by atoms with E-state index in [1.54, 1.807) is 25.4 Å². The van der Waals surface area contributed by atoms with Crippen molar-refractivity contribution in [1.82, 2.24) is 24.2 Å². The standard InChI is InChI=1S/C22H27N5O4S2/c1-14-7-15(2)11-27(10-14)33(30,31)20-16(3)32-21-19(20)22(29)26(13-25-21)12-18(28)24-9-17-5-4-6-23-8-17/h4-6,8,13-15H,7,9-12H2,1-3H3,(H,24,28). The van der Waals surface area contributed by atoms with Crippen molar-refractivity contribution in [2.75, 3.05) is 13.1 Å². The van der Waals surface area contributed by atoms with Crippen molar-refractivity contribution in [2.45, 2.75) is 45.2 Å². The predicted octanol–water partition coefficient (Wildman–Crippen LogP) is 2.14. The highest BCUT2D eigenvalue weighted by molar-refractivity contribution is 7.89. The number of carbonyl (C=O) groups is 1. The van der Waals surface area contributed by atoms with Gasteiger partial charge in [0.15, 0.2) is 0 Å². The summed E-state index contributed by atoms with van der Waals surface area (Å²) in [5.74, 6) is 0.108. The molecule has 1 amide bonds. The zero-order valence-electron chi connectivity index (χ0n) is 18.8. The van der Waals surface area contributed by atoms with Crippen LogP contribution in [0.5, 0.6) is 0 Å². The van der Waals surface area contributed by atoms with Crippen molar-refractivity contribution in [1.29, 1.82) is 0 Å². The molecule has 0 radical (unpaired) electrons. The Bertz CT molecular complexity index is 1320. The van der Waals surface area contributed by atoms with Gasteiger partial charge in [0.1, 0.15) is 16.3 Å². The van der Waals surface area contributed by atoms with Gasteiger partial charge < -0.3 is 5.32 Å². The molecule has 3 aromatic rings. The Kier molecular flexibility index (Phi) is 6.64. The van der Waals surface area contributed by atoms with Crippen molar-refractivity contribution in [2.24, 2.45) is 11.8 Å². The first-order chi connectivity index (χ1) is 15.7. The lowest BCUT2D eigenvalue weighted by Crippen LogP contribution is -2.43. The zero-order valence-corrected chi connectivity index (χ0v) is 20.4. The van der Waals surface area contributed by atoms with Crippen molar-refractivity contribution in [3.63, 3.8) is 0 Å². The first kappa shape index (κ1) is 23.5. The minimum atomic E-state index is -3.87. The van der Waals surface area contributed by atoms with Crippen LogP contribution in [-0.2, 0) is 27.9 Å². The molecule has 0 spiro atoms. The Morgan fingerprint density at radius 2 is 2.00 bits per heavy atom. The third-order valence-electron chi connectivity index (χ3n) is 5.76. The number of carbonyl (C=O) groups excluding carboxylic acids is 1. The molecule has 1 aliphatic heterocycles. The molecule has 33 heavy (non-hydrogen) atoms. The number of aryl methyl sites for hydroxylation is 1. The van der Waals surface area contributed by atoms with Crippen molar-refractivity contribution >= 4 is 37.5 Å². The molecule has 2 atom stereocenters. The van der Waals surface area contributed by atoms with Gasteiger partial charge in [-0.05, 0) is 36.8 Å². The Morgan fingerprint density at radius 3 is 2.67 bits per heavy atom. The zero-order chi connectivity index (χ0) is 23.8. The van der Waals surface area contributed by atoms with Gasteiger partial charge >= 0.3 is 0 Å². The molecule has 11 heteroatoms. The Hall–Kier alpha value is -2.63. The first-order valence-corrected chi connectivity index (χ1v) is 13.1. The number of hydrogen-bond acceptors (Lipinski definition) is 7. The van der Waals surface area contributed by atoms with Gasteiger partial charge in [-0.1, -0.05) is 19.9 Å². The molecule has 2 unspecified atom stereocenters. The highest BCUT2D eigenvalue weighted by atomic mass is 32.2. The van der Waals surface area contributed by atoms with Crippen LogP contribution >= 0.6 is 11.3 Å². The number of pyridine rings is 1. The smallest absolute Gasteiger partial charge is 0.263 e. The summed E-state index contributed by atoms with van der Waals surface area (Å²) in [6.45, 7) is 6.64. The predicted molar refractivity (Wildman–Crippen MR) is 126 cm³/mol. The van der Waals surface area contributed by atoms with E-state index in [1.165, 1.54) is 22.0 Å². The molecule has 176 valence electrons. The van der Waals surface area contributed by atoms with Gasteiger partial charge in [0, 0.05) is 36.9 Å². The van der Waals surface area contributed by atoms with Gasteiger partial charge in [0.05, 0.1) is 11.7 Å². The summed E-state index contributed by atoms with van der Waals surface area (Å²) in [4.78, 5) is 34.9. The topological polar surface area (TPSA) is 114 Å². The second kappa shape index (κ2) is 9.32. The maximum absolute atomic E-state index is 13.6. The second-order valence-corrected chi connectivity index (χ2v) is 11.8. The fourth-order valence-electron chi connectivity index (χ4n) is 4.38. The van der Waals surface area contributed by atoms with Crippen LogP contribution in [0.1, 0.15) is 30.7 Å². The average molecular weight is 490 g/mol. The van der Waals surface area contributed by atoms with Crippen LogP contribution in [0, 0.1) is 18.8 Å². The van der Waals surface area contributed by atoms with E-state index >= 15 is 0 Å². The van der Waals surface area contributed by atoms with E-state index in [9.17, 15) is 18.0 Å². The number of amides is 1. The normalized spacial score (nSPS) is 19.6. The van der Waals surface area contributed by atoms with E-state index < -0.39 is 15.6 Å². The summed E-state index contributed by atoms with van der Waals surface area (Å²) in [6.07, 6.45) is 5.56. The molecule has 0 aliphatic carbocycles. The van der Waals surface area contributed by atoms with Crippen LogP contribution in [0.2, 0.25) is 0 Å². The molecule has 0 aromatic carbocycles. The molecule has 1 aliphatic rings. The van der Waals surface area contributed by atoms with E-state index in [1.807, 2.05) is 19.9 Å². The lowest BCUT2D eigenvalue weighted by atomic mass is 9.94. The second-order valence-electron chi connectivity index (χ2n) is 8.75. The molecular formula is C22H27N5O4S2. The number of nitrogens with one attached hydrogen (secondary N) is 1. The van der Waals surface area contributed by atoms with Crippen LogP contribution in [0.4, 0.5) is 0 Å². The van der Waals surface area contributed by atoms with Gasteiger partial charge in [-0.15, -0.1) is 11.3 Å². The molecule has 4 heterocycles. The highest BCUT2D eigenvalue weighted by Crippen LogP contribution is 2.35. The first-order valence-electron chi connectivity index (χ1n) is 10.8. The Balaban J connectivity index is 1.64. The van der Waals surface area contributed by atoms with Gasteiger partial charge in [0.25, 0.3) is 5.56 Å². The van der Waals surface area contributed by atoms with Crippen LogP contribution in [0.3, 0.4) is 0 Å². The summed E-state index contributed by atoms with van der Waals surface area (Å²) in [7, 11) is -3.87. The fourth-order valence-corrected chi connectivity index (χ4v) is 7.73. The molecule has 1 N–H and O–H groups in total. The van der Waals surface area contributed by atoms with Crippen molar-refractivity contribution < 1.29 is 13.2 Å². The van der Waals surface area contributed by atoms with E-state index in [0.29, 0.717) is 22.8 Å². The maximum Gasteiger partial charge on any atom is 0.263 e. The van der Waals surface area contributed by atoms with E-state index in [-0.39, 0.29) is 41.1 Å². The average Bonchev–Trinajstić information content (AvgIpc) is 3.12. The summed E-state index contributed by atoms with van der Waals surface area (Å²) in [5.41, 5.74) is 0.302. The van der Waals surface area contributed by atoms with Crippen molar-refractivity contribution in [3.8, 4) is 0 Å². The van der Waals surface area contributed by atoms with Gasteiger partial charge in [-0.25, -0.2) is 13.4 Å². The number of hydrogen-bond donors (Lipinski definition) is 1. The molecule has 3 aromatic heterocycles. The minimum Gasteiger partial charge on any atom is -0.350 e. The third kappa shape index (κ3) is 4.85. The number of aromatic nitrogens is 3. The van der Waals surface area contributed by atoms with Crippen LogP contribution in [-0.4, -0.2) is 46.3 Å². The molecule has 1 fully saturated rings. The number of fused-ring (bicyclic) bond motifs is 1. The highest BCUT2D eigenvalue weighted by Gasteiger charge is 2.35. The lowest BCUT2D eigenvalue weighted by molar-refractivity contribution is -0.121. The number of sulfonamides is 1. The Labute approximate surface area is 196 Å². The quantitative estimate of drug-likeness (QED) is 0.567. The number of rotatable bonds is 6. The monoisotopic (exact) mass is 489 g/mol. The van der Waals surface area contributed by atoms with Crippen LogP contribution in [0.25, 0.3) is 10.2 Å². The summed E-state index contributed by atoms with van der Waals surface area (Å²) in [6, 6.07) is 3.61. The number of thiophene rings is 1. The number of nitrogens with zero attached hydrogens (tertiary/aromatic N) is 4. The fraction of sp³-hybridized carbons (Fsp3) is 0.455. The van der Waals surface area contributed by atoms with Gasteiger partial charge in [-0.2, -0.15) is 4.31 Å².